The lowest BCUT2D eigenvalue weighted by Crippen LogP contribution is -3.08. The number of likely N-dealkylation sites (N-methyl/N-ethyl adjacent to an activating group) is 1. The van der Waals surface area contributed by atoms with Crippen molar-refractivity contribution in [3.63, 3.8) is 0 Å². The summed E-state index contributed by atoms with van der Waals surface area (Å²) in [6.45, 7) is 4.88. The van der Waals surface area contributed by atoms with Gasteiger partial charge < -0.3 is 15.0 Å². The van der Waals surface area contributed by atoms with Crippen molar-refractivity contribution in [2.24, 2.45) is 0 Å². The molecule has 36 heavy (non-hydrogen) atoms. The van der Waals surface area contributed by atoms with Gasteiger partial charge >= 0.3 is 0 Å². The summed E-state index contributed by atoms with van der Waals surface area (Å²) in [5.74, 6) is 0.809. The first-order chi connectivity index (χ1) is 17.5. The van der Waals surface area contributed by atoms with Crippen molar-refractivity contribution in [2.75, 3.05) is 26.0 Å². The molecule has 0 spiro atoms. The van der Waals surface area contributed by atoms with E-state index in [-0.39, 0.29) is 17.2 Å². The summed E-state index contributed by atoms with van der Waals surface area (Å²) in [6.07, 6.45) is 0.871. The van der Waals surface area contributed by atoms with E-state index in [4.69, 9.17) is 9.72 Å². The van der Waals surface area contributed by atoms with Crippen LogP contribution in [0.25, 0.3) is 15.9 Å². The number of hydrogen-bond acceptors (Lipinski definition) is 6. The molecule has 1 aliphatic rings. The number of carbonyl (C=O) groups is 1. The van der Waals surface area contributed by atoms with Gasteiger partial charge in [-0.3, -0.25) is 14.2 Å². The van der Waals surface area contributed by atoms with Crippen LogP contribution in [0.1, 0.15) is 22.9 Å². The molecule has 5 rings (SSSR count). The number of thioether (sulfide) groups is 1. The van der Waals surface area contributed by atoms with Crippen molar-refractivity contribution >= 4 is 39.2 Å². The van der Waals surface area contributed by atoms with Gasteiger partial charge in [-0.25, -0.2) is 4.98 Å². The average molecular weight is 522 g/mol. The number of ether oxygens (including phenoxy) is 1. The fourth-order valence-corrected chi connectivity index (χ4v) is 6.62. The maximum atomic E-state index is 13.9. The summed E-state index contributed by atoms with van der Waals surface area (Å²) in [5, 5.41) is 4.19. The van der Waals surface area contributed by atoms with E-state index in [1.54, 1.807) is 15.9 Å². The molecule has 0 radical (unpaired) electrons. The maximum absolute atomic E-state index is 13.9. The normalized spacial score (nSPS) is 15.0. The minimum Gasteiger partial charge on any atom is -0.494 e. The van der Waals surface area contributed by atoms with Gasteiger partial charge in [-0.15, -0.1) is 11.3 Å². The van der Waals surface area contributed by atoms with Crippen LogP contribution in [0.15, 0.2) is 64.5 Å². The van der Waals surface area contributed by atoms with Crippen molar-refractivity contribution in [3.8, 4) is 11.4 Å². The highest BCUT2D eigenvalue weighted by Crippen LogP contribution is 2.32. The minimum absolute atomic E-state index is 0.0755. The number of nitrogens with zero attached hydrogens (tertiary/aromatic N) is 2. The van der Waals surface area contributed by atoms with Gasteiger partial charge in [-0.2, -0.15) is 0 Å². The molecule has 3 heterocycles. The largest absolute Gasteiger partial charge is 0.494 e. The molecule has 7 nitrogen and oxygen atoms in total. The van der Waals surface area contributed by atoms with Crippen LogP contribution in [0, 0.1) is 0 Å². The van der Waals surface area contributed by atoms with Crippen molar-refractivity contribution < 1.29 is 14.4 Å². The second-order valence-electron chi connectivity index (χ2n) is 8.83. The minimum atomic E-state index is -0.104. The first kappa shape index (κ1) is 24.5. The topological polar surface area (TPSA) is 77.7 Å². The van der Waals surface area contributed by atoms with Gasteiger partial charge in [0.2, 0.25) is 5.91 Å². The number of benzene rings is 2. The van der Waals surface area contributed by atoms with E-state index in [1.807, 2.05) is 61.5 Å². The second-order valence-corrected chi connectivity index (χ2v) is 10.9. The Morgan fingerprint density at radius 3 is 2.72 bits per heavy atom. The Labute approximate surface area is 218 Å². The molecule has 186 valence electrons. The number of amides is 1. The molecule has 0 fully saturated rings. The fourth-order valence-electron chi connectivity index (χ4n) is 4.40. The summed E-state index contributed by atoms with van der Waals surface area (Å²) < 4.78 is 7.22. The van der Waals surface area contributed by atoms with Crippen LogP contribution in [0.4, 0.5) is 0 Å². The van der Waals surface area contributed by atoms with Gasteiger partial charge in [0.25, 0.3) is 5.56 Å². The van der Waals surface area contributed by atoms with Gasteiger partial charge in [0.15, 0.2) is 5.16 Å². The third kappa shape index (κ3) is 5.18. The standard InChI is InChI=1S/C27H28N4O3S2/c1-3-34-20-11-9-19(10-12-20)31-26(33)24-21-13-14-30(2)16-22(21)36-25(24)29-27(31)35-17-23(32)28-15-18-7-5-4-6-8-18/h4-12H,3,13-17H2,1-2H3,(H,28,32)/p+1. The molecule has 2 N–H and O–H groups in total. The number of quaternary nitrogens is 1. The van der Waals surface area contributed by atoms with Gasteiger partial charge in [0.05, 0.1) is 41.9 Å². The first-order valence-electron chi connectivity index (χ1n) is 12.1. The Bertz CT molecular complexity index is 1430. The number of nitrogens with one attached hydrogen (secondary N) is 2. The number of fused-ring (bicyclic) bond motifs is 3. The highest BCUT2D eigenvalue weighted by Gasteiger charge is 2.26. The van der Waals surface area contributed by atoms with Crippen molar-refractivity contribution in [2.45, 2.75) is 31.6 Å². The molecule has 1 aliphatic heterocycles. The summed E-state index contributed by atoms with van der Waals surface area (Å²) in [5.41, 5.74) is 2.81. The lowest BCUT2D eigenvalue weighted by Gasteiger charge is -2.19. The lowest BCUT2D eigenvalue weighted by molar-refractivity contribution is -0.895. The van der Waals surface area contributed by atoms with Crippen LogP contribution < -0.4 is 20.5 Å². The summed E-state index contributed by atoms with van der Waals surface area (Å²) in [6, 6.07) is 17.3. The van der Waals surface area contributed by atoms with Crippen LogP contribution in [0.2, 0.25) is 0 Å². The third-order valence-electron chi connectivity index (χ3n) is 6.21. The van der Waals surface area contributed by atoms with E-state index in [9.17, 15) is 9.59 Å². The third-order valence-corrected chi connectivity index (χ3v) is 8.28. The van der Waals surface area contributed by atoms with Gasteiger partial charge in [0, 0.05) is 13.0 Å². The monoisotopic (exact) mass is 521 g/mol. The van der Waals surface area contributed by atoms with Gasteiger partial charge in [-0.1, -0.05) is 42.1 Å². The predicted molar refractivity (Wildman–Crippen MR) is 145 cm³/mol. The van der Waals surface area contributed by atoms with E-state index in [0.717, 1.165) is 41.2 Å². The Morgan fingerprint density at radius 2 is 1.97 bits per heavy atom. The highest BCUT2D eigenvalue weighted by atomic mass is 32.2. The van der Waals surface area contributed by atoms with E-state index >= 15 is 0 Å². The molecule has 0 bridgehead atoms. The molecule has 1 atom stereocenters. The molecule has 2 aromatic carbocycles. The van der Waals surface area contributed by atoms with E-state index in [2.05, 4.69) is 12.4 Å². The molecule has 1 unspecified atom stereocenters. The van der Waals surface area contributed by atoms with Crippen molar-refractivity contribution in [3.05, 3.63) is 81.0 Å². The summed E-state index contributed by atoms with van der Waals surface area (Å²) in [4.78, 5) is 34.9. The highest BCUT2D eigenvalue weighted by molar-refractivity contribution is 7.99. The molecule has 4 aromatic rings. The van der Waals surface area contributed by atoms with Crippen molar-refractivity contribution in [1.82, 2.24) is 14.9 Å². The molecular weight excluding hydrogens is 492 g/mol. The SMILES string of the molecule is CCOc1ccc(-n2c(SCC(=O)NCc3ccccc3)nc3sc4c(c3c2=O)CC[NH+](C)C4)cc1. The molecule has 0 aliphatic carbocycles. The van der Waals surface area contributed by atoms with Gasteiger partial charge in [-0.05, 0) is 42.3 Å². The first-order valence-corrected chi connectivity index (χ1v) is 13.9. The Balaban J connectivity index is 1.48. The van der Waals surface area contributed by atoms with E-state index in [0.29, 0.717) is 29.4 Å². The lowest BCUT2D eigenvalue weighted by atomic mass is 10.1. The number of hydrogen-bond donors (Lipinski definition) is 2. The Kier molecular flexibility index (Phi) is 7.41. The van der Waals surface area contributed by atoms with Crippen LogP contribution in [-0.2, 0) is 24.3 Å². The molecule has 1 amide bonds. The van der Waals surface area contributed by atoms with Crippen LogP contribution >= 0.6 is 23.1 Å². The average Bonchev–Trinajstić information content (AvgIpc) is 3.25. The quantitative estimate of drug-likeness (QED) is 0.276. The zero-order valence-electron chi connectivity index (χ0n) is 20.4. The number of thiophene rings is 1. The fraction of sp³-hybridized carbons (Fsp3) is 0.296. The second kappa shape index (κ2) is 10.9. The molecular formula is C27H29N4O3S2+. The summed E-state index contributed by atoms with van der Waals surface area (Å²) >= 11 is 2.89. The molecule has 0 saturated carbocycles. The van der Waals surface area contributed by atoms with E-state index in [1.165, 1.54) is 21.5 Å². The molecule has 9 heteroatoms. The van der Waals surface area contributed by atoms with Crippen LogP contribution in [0.3, 0.4) is 0 Å². The number of aromatic nitrogens is 2. The zero-order chi connectivity index (χ0) is 25.1. The van der Waals surface area contributed by atoms with E-state index < -0.39 is 0 Å². The molecule has 2 aromatic heterocycles. The number of carbonyl (C=O) groups excluding carboxylic acids is 1. The predicted octanol–water partition coefficient (Wildman–Crippen LogP) is 2.83. The molecule has 0 saturated heterocycles. The van der Waals surface area contributed by atoms with Crippen LogP contribution in [-0.4, -0.2) is 41.4 Å². The van der Waals surface area contributed by atoms with Crippen molar-refractivity contribution in [1.29, 1.82) is 0 Å². The zero-order valence-corrected chi connectivity index (χ0v) is 22.0. The van der Waals surface area contributed by atoms with Gasteiger partial charge in [0.1, 0.15) is 17.1 Å². The summed E-state index contributed by atoms with van der Waals surface area (Å²) in [7, 11) is 2.17. The Morgan fingerprint density at radius 1 is 1.19 bits per heavy atom. The maximum Gasteiger partial charge on any atom is 0.267 e. The smallest absolute Gasteiger partial charge is 0.267 e. The number of rotatable bonds is 8. The van der Waals surface area contributed by atoms with Crippen LogP contribution in [0.5, 0.6) is 5.75 Å². The Hall–Kier alpha value is -3.14.